The van der Waals surface area contributed by atoms with Crippen LogP contribution in [0.5, 0.6) is 0 Å². The second kappa shape index (κ2) is 4.90. The van der Waals surface area contributed by atoms with E-state index in [1.807, 2.05) is 5.40 Å². The average molecular weight is 267 g/mol. The molecule has 0 aliphatic carbocycles. The van der Waals surface area contributed by atoms with Crippen molar-refractivity contribution in [1.82, 2.24) is 0 Å². The number of thiocyanates is 1. The van der Waals surface area contributed by atoms with E-state index in [2.05, 4.69) is 0 Å². The number of carbonyl (C=O) groups is 1. The van der Waals surface area contributed by atoms with Gasteiger partial charge in [-0.2, -0.15) is 5.26 Å². The Bertz CT molecular complexity index is 404. The van der Waals surface area contributed by atoms with Gasteiger partial charge < -0.3 is 0 Å². The zero-order valence-electron chi connectivity index (χ0n) is 6.55. The van der Waals surface area contributed by atoms with Crippen molar-refractivity contribution < 1.29 is 4.79 Å². The molecule has 14 heavy (non-hydrogen) atoms. The Hall–Kier alpha value is -0.400. The highest BCUT2D eigenvalue weighted by Gasteiger charge is 2.11. The van der Waals surface area contributed by atoms with E-state index < -0.39 is 5.24 Å². The fourth-order valence-electron chi connectivity index (χ4n) is 0.817. The maximum absolute atomic E-state index is 10.8. The molecule has 1 rings (SSSR count). The zero-order valence-corrected chi connectivity index (χ0v) is 9.64. The minimum absolute atomic E-state index is 0.212. The fraction of sp³-hybridized carbons (Fsp3) is 0. The van der Waals surface area contributed by atoms with Gasteiger partial charge >= 0.3 is 0 Å². The van der Waals surface area contributed by atoms with Gasteiger partial charge in [0, 0.05) is 5.56 Å². The van der Waals surface area contributed by atoms with E-state index in [4.69, 9.17) is 40.1 Å². The van der Waals surface area contributed by atoms with E-state index in [0.29, 0.717) is 4.90 Å². The molecule has 0 saturated carbocycles. The van der Waals surface area contributed by atoms with Crippen molar-refractivity contribution in [1.29, 1.82) is 5.26 Å². The first kappa shape index (κ1) is 11.7. The number of thioether (sulfide) groups is 1. The summed E-state index contributed by atoms with van der Waals surface area (Å²) in [6, 6.07) is 2.75. The number of nitriles is 1. The van der Waals surface area contributed by atoms with E-state index in [9.17, 15) is 4.79 Å². The van der Waals surface area contributed by atoms with Crippen LogP contribution in [-0.2, 0) is 0 Å². The molecule has 1 aromatic rings. The maximum atomic E-state index is 10.8. The van der Waals surface area contributed by atoms with Gasteiger partial charge in [-0.15, -0.1) is 0 Å². The molecule has 0 heterocycles. The van der Waals surface area contributed by atoms with Crippen molar-refractivity contribution in [3.05, 3.63) is 27.7 Å². The molecule has 0 aromatic heterocycles. The van der Waals surface area contributed by atoms with Crippen LogP contribution in [0.4, 0.5) is 0 Å². The summed E-state index contributed by atoms with van der Waals surface area (Å²) in [6.07, 6.45) is 0. The van der Waals surface area contributed by atoms with E-state index >= 15 is 0 Å². The fourth-order valence-corrected chi connectivity index (χ4v) is 2.05. The van der Waals surface area contributed by atoms with Crippen LogP contribution in [0.15, 0.2) is 17.0 Å². The first-order valence-corrected chi connectivity index (χ1v) is 5.26. The molecule has 0 N–H and O–H groups in total. The Morgan fingerprint density at radius 2 is 1.86 bits per heavy atom. The number of carbonyl (C=O) groups excluding carboxylic acids is 1. The Balaban J connectivity index is 3.26. The van der Waals surface area contributed by atoms with Crippen LogP contribution < -0.4 is 0 Å². The first-order chi connectivity index (χ1) is 6.56. The number of rotatable bonds is 2. The largest absolute Gasteiger partial charge is 0.276 e. The highest BCUT2D eigenvalue weighted by molar-refractivity contribution is 8.04. The lowest BCUT2D eigenvalue weighted by Gasteiger charge is -2.03. The lowest BCUT2D eigenvalue weighted by Crippen LogP contribution is -1.89. The standard InChI is InChI=1S/C8H2Cl3NOS/c9-5-1-4(8(11)13)2-6(10)7(5)14-3-12/h1-2H. The van der Waals surface area contributed by atoms with Crippen LogP contribution in [-0.4, -0.2) is 5.24 Å². The van der Waals surface area contributed by atoms with Crippen molar-refractivity contribution in [2.24, 2.45) is 0 Å². The van der Waals surface area contributed by atoms with Gasteiger partial charge in [0.1, 0.15) is 5.40 Å². The van der Waals surface area contributed by atoms with Gasteiger partial charge in [0.25, 0.3) is 5.24 Å². The Kier molecular flexibility index (Phi) is 4.09. The summed E-state index contributed by atoms with van der Waals surface area (Å²) in [6.45, 7) is 0. The summed E-state index contributed by atoms with van der Waals surface area (Å²) in [5.74, 6) is 0. The molecule has 1 aromatic carbocycles. The van der Waals surface area contributed by atoms with Gasteiger partial charge in [0.15, 0.2) is 0 Å². The molecule has 0 fully saturated rings. The molecule has 0 saturated heterocycles. The minimum atomic E-state index is -0.637. The third-order valence-corrected chi connectivity index (χ3v) is 3.15. The highest BCUT2D eigenvalue weighted by atomic mass is 35.5. The maximum Gasteiger partial charge on any atom is 0.252 e. The molecule has 0 atom stereocenters. The molecule has 6 heteroatoms. The lowest BCUT2D eigenvalue weighted by molar-refractivity contribution is 0.108. The number of hydrogen-bond acceptors (Lipinski definition) is 3. The normalized spacial score (nSPS) is 9.57. The van der Waals surface area contributed by atoms with Gasteiger partial charge in [-0.05, 0) is 35.5 Å². The van der Waals surface area contributed by atoms with Crippen molar-refractivity contribution in [2.45, 2.75) is 4.90 Å². The third kappa shape index (κ3) is 2.55. The number of hydrogen-bond donors (Lipinski definition) is 0. The van der Waals surface area contributed by atoms with Crippen molar-refractivity contribution >= 4 is 51.8 Å². The third-order valence-electron chi connectivity index (χ3n) is 1.37. The SMILES string of the molecule is N#CSc1c(Cl)cc(C(=O)Cl)cc1Cl. The molecule has 0 amide bonds. The smallest absolute Gasteiger partial charge is 0.252 e. The summed E-state index contributed by atoms with van der Waals surface area (Å²) >= 11 is 17.7. The number of benzene rings is 1. The predicted octanol–water partition coefficient (Wildman–Crippen LogP) is 3.95. The number of halogens is 3. The number of nitrogens with zero attached hydrogens (tertiary/aromatic N) is 1. The lowest BCUT2D eigenvalue weighted by atomic mass is 10.2. The van der Waals surface area contributed by atoms with Crippen LogP contribution in [0.1, 0.15) is 10.4 Å². The monoisotopic (exact) mass is 265 g/mol. The van der Waals surface area contributed by atoms with E-state index in [1.165, 1.54) is 12.1 Å². The van der Waals surface area contributed by atoms with Crippen molar-refractivity contribution in [3.8, 4) is 5.40 Å². The van der Waals surface area contributed by atoms with Gasteiger partial charge in [-0.1, -0.05) is 23.2 Å². The van der Waals surface area contributed by atoms with Crippen LogP contribution in [0.3, 0.4) is 0 Å². The second-order valence-corrected chi connectivity index (χ2v) is 4.19. The summed E-state index contributed by atoms with van der Waals surface area (Å²) in [5.41, 5.74) is 0.212. The Labute approximate surface area is 99.7 Å². The highest BCUT2D eigenvalue weighted by Crippen LogP contribution is 2.34. The summed E-state index contributed by atoms with van der Waals surface area (Å²) in [4.78, 5) is 11.2. The summed E-state index contributed by atoms with van der Waals surface area (Å²) < 4.78 is 0. The second-order valence-electron chi connectivity index (χ2n) is 2.24. The van der Waals surface area contributed by atoms with Gasteiger partial charge in [-0.25, -0.2) is 0 Å². The zero-order chi connectivity index (χ0) is 10.7. The molecule has 0 radical (unpaired) electrons. The average Bonchev–Trinajstić information content (AvgIpc) is 2.10. The van der Waals surface area contributed by atoms with Crippen molar-refractivity contribution in [3.63, 3.8) is 0 Å². The van der Waals surface area contributed by atoms with E-state index in [-0.39, 0.29) is 15.6 Å². The molecule has 0 bridgehead atoms. The minimum Gasteiger partial charge on any atom is -0.276 e. The Morgan fingerprint density at radius 3 is 2.21 bits per heavy atom. The molecular formula is C8H2Cl3NOS. The molecular weight excluding hydrogens is 265 g/mol. The van der Waals surface area contributed by atoms with E-state index in [1.54, 1.807) is 0 Å². The Morgan fingerprint density at radius 1 is 1.36 bits per heavy atom. The molecule has 0 unspecified atom stereocenters. The van der Waals surface area contributed by atoms with Crippen LogP contribution >= 0.6 is 46.6 Å². The van der Waals surface area contributed by atoms with Crippen LogP contribution in [0, 0.1) is 10.7 Å². The van der Waals surface area contributed by atoms with Crippen LogP contribution in [0.25, 0.3) is 0 Å². The van der Waals surface area contributed by atoms with Gasteiger partial charge in [-0.3, -0.25) is 4.79 Å². The van der Waals surface area contributed by atoms with Gasteiger partial charge in [0.05, 0.1) is 14.9 Å². The predicted molar refractivity (Wildman–Crippen MR) is 58.1 cm³/mol. The first-order valence-electron chi connectivity index (χ1n) is 3.31. The van der Waals surface area contributed by atoms with Crippen LogP contribution in [0.2, 0.25) is 10.0 Å². The summed E-state index contributed by atoms with van der Waals surface area (Å²) in [7, 11) is 0. The molecule has 0 aliphatic heterocycles. The van der Waals surface area contributed by atoms with E-state index in [0.717, 1.165) is 11.8 Å². The molecule has 72 valence electrons. The topological polar surface area (TPSA) is 40.9 Å². The molecule has 0 spiro atoms. The quantitative estimate of drug-likeness (QED) is 0.462. The van der Waals surface area contributed by atoms with Gasteiger partial charge in [0.2, 0.25) is 0 Å². The van der Waals surface area contributed by atoms with Crippen molar-refractivity contribution in [2.75, 3.05) is 0 Å². The molecule has 0 aliphatic rings. The summed E-state index contributed by atoms with van der Waals surface area (Å²) in [5, 5.41) is 10.1. The molecule has 2 nitrogen and oxygen atoms in total.